The fraction of sp³-hybridized carbons (Fsp3) is 0.455. The maximum Gasteiger partial charge on any atom is 0.341 e. The number of para-hydroxylation sites is 1. The van der Waals surface area contributed by atoms with E-state index in [0.29, 0.717) is 0 Å². The summed E-state index contributed by atoms with van der Waals surface area (Å²) < 4.78 is 59.2. The molecule has 0 saturated heterocycles. The normalized spacial score (nSPS) is 15.2. The number of hydrogen-bond acceptors (Lipinski definition) is 4. The topological polar surface area (TPSA) is 63.2 Å². The Labute approximate surface area is 113 Å². The van der Waals surface area contributed by atoms with E-state index in [2.05, 4.69) is 5.32 Å². The molecule has 2 unspecified atom stereocenters. The molecule has 0 radical (unpaired) electrons. The molecule has 0 aromatic heterocycles. The number of benzene rings is 1. The number of sulfone groups is 1. The Morgan fingerprint density at radius 2 is 1.89 bits per heavy atom. The number of rotatable bonds is 6. The third-order valence-corrected chi connectivity index (χ3v) is 5.31. The van der Waals surface area contributed by atoms with Gasteiger partial charge >= 0.3 is 5.76 Å². The van der Waals surface area contributed by atoms with Gasteiger partial charge in [0.25, 0.3) is 0 Å². The summed E-state index contributed by atoms with van der Waals surface area (Å²) >= 11 is 0. The second kappa shape index (κ2) is 6.42. The number of alkyl halides is 2. The predicted molar refractivity (Wildman–Crippen MR) is 71.6 cm³/mol. The lowest BCUT2D eigenvalue weighted by atomic mass is 10.3. The molecule has 0 amide bonds. The lowest BCUT2D eigenvalue weighted by Gasteiger charge is -2.14. The molecule has 0 bridgehead atoms. The molecule has 108 valence electrons. The maximum atomic E-state index is 12.5. The molecule has 2 atom stereocenters. The lowest BCUT2D eigenvalue weighted by molar-refractivity contribution is 0.235. The number of anilines is 1. The Balaban J connectivity index is 3.01. The molecule has 0 spiro atoms. The van der Waals surface area contributed by atoms with Crippen molar-refractivity contribution in [1.82, 2.24) is 0 Å². The maximum absolute atomic E-state index is 12.5. The summed E-state index contributed by atoms with van der Waals surface area (Å²) in [4.78, 5) is -0.445. The summed E-state index contributed by atoms with van der Waals surface area (Å²) in [6, 6.07) is 5.44. The zero-order chi connectivity index (χ0) is 14.6. The van der Waals surface area contributed by atoms with Gasteiger partial charge in [-0.25, -0.2) is 8.42 Å². The summed E-state index contributed by atoms with van der Waals surface area (Å²) in [5.41, 5.74) is 0.0973. The Morgan fingerprint density at radius 3 is 2.42 bits per heavy atom. The zero-order valence-corrected chi connectivity index (χ0v) is 12.1. The molecule has 19 heavy (non-hydrogen) atoms. The molecule has 1 aromatic carbocycles. The molecule has 0 aliphatic heterocycles. The van der Waals surface area contributed by atoms with Crippen LogP contribution < -0.4 is 5.32 Å². The van der Waals surface area contributed by atoms with Crippen molar-refractivity contribution in [3.63, 3.8) is 0 Å². The number of halogens is 2. The van der Waals surface area contributed by atoms with Gasteiger partial charge < -0.3 is 5.32 Å². The highest BCUT2D eigenvalue weighted by Crippen LogP contribution is 2.26. The van der Waals surface area contributed by atoms with Crippen LogP contribution in [0.15, 0.2) is 29.2 Å². The molecule has 8 heteroatoms. The van der Waals surface area contributed by atoms with Gasteiger partial charge in [-0.15, -0.1) is 0 Å². The SMILES string of the molecule is CC(CNc1ccccc1S(=O)(=O)C(F)F)S(C)=O. The largest absolute Gasteiger partial charge is 0.383 e. The van der Waals surface area contributed by atoms with Crippen LogP contribution in [0.25, 0.3) is 0 Å². The molecule has 4 nitrogen and oxygen atoms in total. The quantitative estimate of drug-likeness (QED) is 0.871. The third kappa shape index (κ3) is 3.97. The second-order valence-corrected chi connectivity index (χ2v) is 7.68. The number of hydrogen-bond donors (Lipinski definition) is 1. The lowest BCUT2D eigenvalue weighted by Crippen LogP contribution is -2.22. The molecule has 0 aliphatic carbocycles. The Hall–Kier alpha value is -1.02. The van der Waals surface area contributed by atoms with Crippen molar-refractivity contribution in [3.8, 4) is 0 Å². The summed E-state index contributed by atoms with van der Waals surface area (Å²) in [5.74, 6) is -3.46. The van der Waals surface area contributed by atoms with Crippen LogP contribution in [0.4, 0.5) is 14.5 Å². The molecule has 1 aromatic rings. The molecule has 1 N–H and O–H groups in total. The van der Waals surface area contributed by atoms with E-state index in [1.807, 2.05) is 0 Å². The van der Waals surface area contributed by atoms with Crippen LogP contribution in [-0.4, -0.2) is 36.4 Å². The summed E-state index contributed by atoms with van der Waals surface area (Å²) in [5, 5.41) is 2.53. The van der Waals surface area contributed by atoms with Gasteiger partial charge in [-0.3, -0.25) is 4.21 Å². The standard InChI is InChI=1S/C11H15F2NO3S2/c1-8(18(2)15)7-14-9-5-3-4-6-10(9)19(16,17)11(12)13/h3-6,8,11,14H,7H2,1-2H3. The van der Waals surface area contributed by atoms with E-state index < -0.39 is 31.3 Å². The van der Waals surface area contributed by atoms with E-state index in [-0.39, 0.29) is 17.5 Å². The van der Waals surface area contributed by atoms with Crippen molar-refractivity contribution in [2.75, 3.05) is 18.1 Å². The van der Waals surface area contributed by atoms with Gasteiger partial charge in [-0.1, -0.05) is 12.1 Å². The van der Waals surface area contributed by atoms with Gasteiger partial charge in [-0.05, 0) is 19.1 Å². The van der Waals surface area contributed by atoms with Gasteiger partial charge in [-0.2, -0.15) is 8.78 Å². The average Bonchev–Trinajstić information content (AvgIpc) is 2.35. The van der Waals surface area contributed by atoms with Crippen molar-refractivity contribution in [2.24, 2.45) is 0 Å². The highest BCUT2D eigenvalue weighted by molar-refractivity contribution is 7.91. The Bertz CT molecular complexity index is 561. The highest BCUT2D eigenvalue weighted by atomic mass is 32.2. The molecular weight excluding hydrogens is 296 g/mol. The van der Waals surface area contributed by atoms with Crippen molar-refractivity contribution < 1.29 is 21.4 Å². The number of nitrogens with one attached hydrogen (secondary N) is 1. The Kier molecular flexibility index (Phi) is 5.42. The molecular formula is C11H15F2NO3S2. The molecule has 1 rings (SSSR count). The van der Waals surface area contributed by atoms with Crippen LogP contribution in [-0.2, 0) is 20.6 Å². The molecule has 0 saturated carbocycles. The van der Waals surface area contributed by atoms with E-state index in [9.17, 15) is 21.4 Å². The van der Waals surface area contributed by atoms with E-state index in [1.165, 1.54) is 18.4 Å². The van der Waals surface area contributed by atoms with Crippen LogP contribution in [0.2, 0.25) is 0 Å². The van der Waals surface area contributed by atoms with Crippen LogP contribution in [0.5, 0.6) is 0 Å². The van der Waals surface area contributed by atoms with Gasteiger partial charge in [0.15, 0.2) is 0 Å². The van der Waals surface area contributed by atoms with Crippen LogP contribution >= 0.6 is 0 Å². The van der Waals surface area contributed by atoms with Gasteiger partial charge in [0, 0.05) is 28.9 Å². The minimum atomic E-state index is -4.65. The van der Waals surface area contributed by atoms with Crippen molar-refractivity contribution in [1.29, 1.82) is 0 Å². The molecule has 0 fully saturated rings. The first-order chi connectivity index (χ1) is 8.76. The Morgan fingerprint density at radius 1 is 1.32 bits per heavy atom. The van der Waals surface area contributed by atoms with Crippen molar-refractivity contribution >= 4 is 26.3 Å². The fourth-order valence-electron chi connectivity index (χ4n) is 1.33. The van der Waals surface area contributed by atoms with E-state index in [1.54, 1.807) is 13.0 Å². The first kappa shape index (κ1) is 16.0. The second-order valence-electron chi connectivity index (χ2n) is 3.99. The summed E-state index contributed by atoms with van der Waals surface area (Å²) in [7, 11) is -5.73. The van der Waals surface area contributed by atoms with E-state index in [0.717, 1.165) is 6.07 Å². The average molecular weight is 311 g/mol. The van der Waals surface area contributed by atoms with Crippen LogP contribution in [0.3, 0.4) is 0 Å². The smallest absolute Gasteiger partial charge is 0.341 e. The van der Waals surface area contributed by atoms with Gasteiger partial charge in [0.2, 0.25) is 9.84 Å². The summed E-state index contributed by atoms with van der Waals surface area (Å²) in [6.45, 7) is 1.95. The molecule has 0 aliphatic rings. The van der Waals surface area contributed by atoms with Crippen LogP contribution in [0.1, 0.15) is 6.92 Å². The monoisotopic (exact) mass is 311 g/mol. The first-order valence-corrected chi connectivity index (χ1v) is 8.60. The predicted octanol–water partition coefficient (Wildman–Crippen LogP) is 1.86. The zero-order valence-electron chi connectivity index (χ0n) is 10.5. The fourth-order valence-corrected chi connectivity index (χ4v) is 2.55. The van der Waals surface area contributed by atoms with E-state index >= 15 is 0 Å². The minimum absolute atomic E-state index is 0.0973. The third-order valence-electron chi connectivity index (χ3n) is 2.57. The van der Waals surface area contributed by atoms with Crippen molar-refractivity contribution in [2.45, 2.75) is 22.8 Å². The minimum Gasteiger partial charge on any atom is -0.383 e. The first-order valence-electron chi connectivity index (χ1n) is 5.44. The van der Waals surface area contributed by atoms with Gasteiger partial charge in [0.05, 0.1) is 10.6 Å². The molecule has 0 heterocycles. The van der Waals surface area contributed by atoms with E-state index in [4.69, 9.17) is 0 Å². The summed E-state index contributed by atoms with van der Waals surface area (Å²) in [6.07, 6.45) is 1.52. The van der Waals surface area contributed by atoms with Crippen LogP contribution in [0, 0.1) is 0 Å². The van der Waals surface area contributed by atoms with Crippen molar-refractivity contribution in [3.05, 3.63) is 24.3 Å². The highest BCUT2D eigenvalue weighted by Gasteiger charge is 2.29. The van der Waals surface area contributed by atoms with Gasteiger partial charge in [0.1, 0.15) is 0 Å².